The lowest BCUT2D eigenvalue weighted by atomic mass is 10.0. The molecule has 1 heterocycles. The van der Waals surface area contributed by atoms with Crippen LogP contribution in [0, 0.1) is 0 Å². The summed E-state index contributed by atoms with van der Waals surface area (Å²) >= 11 is 12.8. The maximum atomic E-state index is 13.4. The normalized spacial score (nSPS) is 15.3. The zero-order valence-corrected chi connectivity index (χ0v) is 20.4. The van der Waals surface area contributed by atoms with Gasteiger partial charge in [-0.1, -0.05) is 67.5 Å². The first-order valence-electron chi connectivity index (χ1n) is 10.4. The van der Waals surface area contributed by atoms with Gasteiger partial charge >= 0.3 is 0 Å². The van der Waals surface area contributed by atoms with Crippen molar-refractivity contribution in [3.63, 3.8) is 0 Å². The third-order valence-corrected chi connectivity index (χ3v) is 6.82. The molecule has 7 heteroatoms. The lowest BCUT2D eigenvalue weighted by Crippen LogP contribution is -2.54. The van der Waals surface area contributed by atoms with Crippen molar-refractivity contribution in [2.24, 2.45) is 0 Å². The molecule has 0 atom stereocenters. The number of carbonyl (C=O) groups excluding carboxylic acids is 2. The van der Waals surface area contributed by atoms with Crippen LogP contribution in [0.15, 0.2) is 88.2 Å². The van der Waals surface area contributed by atoms with Gasteiger partial charge in [0.1, 0.15) is 5.57 Å². The third kappa shape index (κ3) is 5.19. The van der Waals surface area contributed by atoms with Crippen molar-refractivity contribution in [1.29, 1.82) is 0 Å². The van der Waals surface area contributed by atoms with E-state index in [-0.39, 0.29) is 10.7 Å². The van der Waals surface area contributed by atoms with Crippen LogP contribution in [0.2, 0.25) is 5.02 Å². The fourth-order valence-electron chi connectivity index (χ4n) is 3.38. The van der Waals surface area contributed by atoms with Crippen LogP contribution in [0.3, 0.4) is 0 Å². The molecule has 33 heavy (non-hydrogen) atoms. The minimum Gasteiger partial charge on any atom is -0.298 e. The Labute approximate surface area is 207 Å². The van der Waals surface area contributed by atoms with Crippen LogP contribution >= 0.6 is 35.6 Å². The largest absolute Gasteiger partial charge is 0.298 e. The summed E-state index contributed by atoms with van der Waals surface area (Å²) in [7, 11) is 0. The molecule has 0 bridgehead atoms. The van der Waals surface area contributed by atoms with Crippen molar-refractivity contribution in [1.82, 2.24) is 5.32 Å². The first kappa shape index (κ1) is 23.2. The molecular formula is C26H21ClN2O2S2. The van der Waals surface area contributed by atoms with Crippen LogP contribution in [0.4, 0.5) is 5.69 Å². The van der Waals surface area contributed by atoms with Gasteiger partial charge in [0.15, 0.2) is 5.11 Å². The second kappa shape index (κ2) is 9.91. The van der Waals surface area contributed by atoms with Gasteiger partial charge in [0.2, 0.25) is 0 Å². The van der Waals surface area contributed by atoms with E-state index in [9.17, 15) is 9.59 Å². The van der Waals surface area contributed by atoms with Gasteiger partial charge in [0.25, 0.3) is 11.8 Å². The molecule has 0 aliphatic carbocycles. The van der Waals surface area contributed by atoms with Crippen LogP contribution < -0.4 is 10.2 Å². The fraction of sp³-hybridized carbons (Fsp3) is 0.115. The summed E-state index contributed by atoms with van der Waals surface area (Å²) in [6, 6.07) is 22.7. The number of nitrogens with one attached hydrogen (secondary N) is 1. The molecule has 2 amide bonds. The Morgan fingerprint density at radius 1 is 0.970 bits per heavy atom. The van der Waals surface area contributed by atoms with Gasteiger partial charge in [-0.05, 0) is 77.8 Å². The van der Waals surface area contributed by atoms with Crippen LogP contribution in [-0.2, 0) is 9.59 Å². The monoisotopic (exact) mass is 492 g/mol. The minimum atomic E-state index is -0.508. The highest BCUT2D eigenvalue weighted by molar-refractivity contribution is 7.99. The number of amides is 2. The Bertz CT molecular complexity index is 1250. The summed E-state index contributed by atoms with van der Waals surface area (Å²) in [6.45, 7) is 4.21. The smallest absolute Gasteiger partial charge is 0.270 e. The highest BCUT2D eigenvalue weighted by Crippen LogP contribution is 2.33. The number of hydrogen-bond acceptors (Lipinski definition) is 4. The topological polar surface area (TPSA) is 49.4 Å². The highest BCUT2D eigenvalue weighted by atomic mass is 35.5. The van der Waals surface area contributed by atoms with Gasteiger partial charge < -0.3 is 0 Å². The lowest BCUT2D eigenvalue weighted by molar-refractivity contribution is -0.122. The van der Waals surface area contributed by atoms with Crippen molar-refractivity contribution >= 4 is 64.3 Å². The van der Waals surface area contributed by atoms with Crippen molar-refractivity contribution in [2.75, 3.05) is 4.90 Å². The van der Waals surface area contributed by atoms with Gasteiger partial charge in [-0.25, -0.2) is 0 Å². The molecule has 3 aromatic carbocycles. The summed E-state index contributed by atoms with van der Waals surface area (Å²) in [5.41, 5.74) is 2.56. The summed E-state index contributed by atoms with van der Waals surface area (Å²) in [6.07, 6.45) is 1.62. The molecule has 1 N–H and O–H groups in total. The Kier molecular flexibility index (Phi) is 6.98. The van der Waals surface area contributed by atoms with E-state index in [0.717, 1.165) is 20.9 Å². The quantitative estimate of drug-likeness (QED) is 0.253. The maximum Gasteiger partial charge on any atom is 0.270 e. The van der Waals surface area contributed by atoms with Crippen molar-refractivity contribution < 1.29 is 9.59 Å². The molecule has 1 saturated heterocycles. The summed E-state index contributed by atoms with van der Waals surface area (Å²) in [5.74, 6) is -0.591. The molecule has 0 aromatic heterocycles. The van der Waals surface area contributed by atoms with Gasteiger partial charge in [-0.2, -0.15) is 0 Å². The minimum absolute atomic E-state index is 0.0284. The molecule has 166 valence electrons. The average Bonchev–Trinajstić information content (AvgIpc) is 2.79. The number of benzene rings is 3. The highest BCUT2D eigenvalue weighted by Gasteiger charge is 2.34. The number of thiocarbonyl (C=S) groups is 1. The van der Waals surface area contributed by atoms with E-state index in [4.69, 9.17) is 23.8 Å². The van der Waals surface area contributed by atoms with Gasteiger partial charge in [0, 0.05) is 14.8 Å². The van der Waals surface area contributed by atoms with Gasteiger partial charge in [0.05, 0.1) is 5.69 Å². The number of rotatable bonds is 5. The zero-order chi connectivity index (χ0) is 23.5. The number of hydrogen-bond donors (Lipinski definition) is 1. The lowest BCUT2D eigenvalue weighted by Gasteiger charge is -2.29. The molecule has 4 rings (SSSR count). The average molecular weight is 493 g/mol. The molecule has 0 unspecified atom stereocenters. The van der Waals surface area contributed by atoms with Gasteiger partial charge in [-0.3, -0.25) is 19.8 Å². The van der Waals surface area contributed by atoms with E-state index in [2.05, 4.69) is 19.2 Å². The third-order valence-electron chi connectivity index (χ3n) is 5.18. The van der Waals surface area contributed by atoms with Crippen LogP contribution in [0.25, 0.3) is 6.08 Å². The molecule has 1 aliphatic rings. The summed E-state index contributed by atoms with van der Waals surface area (Å²) in [5, 5.41) is 3.39. The molecule has 3 aromatic rings. The molecular weight excluding hydrogens is 472 g/mol. The molecule has 1 fully saturated rings. The van der Waals surface area contributed by atoms with Crippen LogP contribution in [0.1, 0.15) is 30.9 Å². The molecule has 1 aliphatic heterocycles. The van der Waals surface area contributed by atoms with E-state index in [1.807, 2.05) is 72.8 Å². The Morgan fingerprint density at radius 2 is 1.64 bits per heavy atom. The summed E-state index contributed by atoms with van der Waals surface area (Å²) < 4.78 is 0. The van der Waals surface area contributed by atoms with E-state index >= 15 is 0 Å². The van der Waals surface area contributed by atoms with Gasteiger partial charge in [-0.15, -0.1) is 0 Å². The number of halogens is 1. The van der Waals surface area contributed by atoms with E-state index in [0.29, 0.717) is 16.6 Å². The van der Waals surface area contributed by atoms with E-state index in [1.165, 1.54) is 16.7 Å². The van der Waals surface area contributed by atoms with E-state index < -0.39 is 11.8 Å². The standard InChI is InChI=1S/C26H21ClN2O2S2/c1-16(2)17-7-11-20(12-8-17)29-25(31)22(24(30)28-26(29)32)15-18-5-3-4-6-23(18)33-21-13-9-19(27)10-14-21/h3-16H,1-2H3,(H,28,30,32)/b22-15-. The molecule has 0 radical (unpaired) electrons. The Morgan fingerprint density at radius 3 is 2.30 bits per heavy atom. The predicted octanol–water partition coefficient (Wildman–Crippen LogP) is 6.45. The van der Waals surface area contributed by atoms with Crippen molar-refractivity contribution in [3.05, 3.63) is 94.5 Å². The zero-order valence-electron chi connectivity index (χ0n) is 18.0. The van der Waals surface area contributed by atoms with Crippen LogP contribution in [-0.4, -0.2) is 16.9 Å². The predicted molar refractivity (Wildman–Crippen MR) is 139 cm³/mol. The number of anilines is 1. The second-order valence-electron chi connectivity index (χ2n) is 7.80. The van der Waals surface area contributed by atoms with Crippen LogP contribution in [0.5, 0.6) is 0 Å². The van der Waals surface area contributed by atoms with E-state index in [1.54, 1.807) is 6.08 Å². The first-order valence-corrected chi connectivity index (χ1v) is 12.0. The molecule has 0 spiro atoms. The fourth-order valence-corrected chi connectivity index (χ4v) is 4.70. The number of carbonyl (C=O) groups is 2. The SMILES string of the molecule is CC(C)c1ccc(N2C(=O)/C(=C\c3ccccc3Sc3ccc(Cl)cc3)C(=O)NC2=S)cc1. The second-order valence-corrected chi connectivity index (χ2v) is 9.74. The maximum absolute atomic E-state index is 13.4. The number of nitrogens with zero attached hydrogens (tertiary/aromatic N) is 1. The van der Waals surface area contributed by atoms with Crippen molar-refractivity contribution in [3.8, 4) is 0 Å². The summed E-state index contributed by atoms with van der Waals surface area (Å²) in [4.78, 5) is 29.3. The Hall–Kier alpha value is -2.93. The van der Waals surface area contributed by atoms with Crippen molar-refractivity contribution in [2.45, 2.75) is 29.6 Å². The molecule has 4 nitrogen and oxygen atoms in total. The first-order chi connectivity index (χ1) is 15.8. The molecule has 0 saturated carbocycles. The Balaban J connectivity index is 1.67.